The number of fused-ring (bicyclic) bond motifs is 1. The van der Waals surface area contributed by atoms with Crippen LogP contribution in [0.15, 0.2) is 0 Å². The van der Waals surface area contributed by atoms with E-state index in [4.69, 9.17) is 4.98 Å². The Kier molecular flexibility index (Phi) is 3.34. The number of aromatic nitrogens is 1. The van der Waals surface area contributed by atoms with Gasteiger partial charge in [0.25, 0.3) is 0 Å². The van der Waals surface area contributed by atoms with E-state index < -0.39 is 0 Å². The van der Waals surface area contributed by atoms with Crippen LogP contribution in [0.4, 0.5) is 5.13 Å². The lowest BCUT2D eigenvalue weighted by atomic mass is 9.98. The predicted molar refractivity (Wildman–Crippen MR) is 72.9 cm³/mol. The second-order valence-electron chi connectivity index (χ2n) is 5.09. The summed E-state index contributed by atoms with van der Waals surface area (Å²) in [6.45, 7) is 2.41. The van der Waals surface area contributed by atoms with E-state index in [1.54, 1.807) is 0 Å². The van der Waals surface area contributed by atoms with Gasteiger partial charge in [0, 0.05) is 18.0 Å². The van der Waals surface area contributed by atoms with Gasteiger partial charge in [0.2, 0.25) is 0 Å². The van der Waals surface area contributed by atoms with Crippen molar-refractivity contribution in [2.24, 2.45) is 0 Å². The Morgan fingerprint density at radius 3 is 2.82 bits per heavy atom. The summed E-state index contributed by atoms with van der Waals surface area (Å²) >= 11 is 1.94. The van der Waals surface area contributed by atoms with Crippen molar-refractivity contribution in [3.63, 3.8) is 0 Å². The van der Waals surface area contributed by atoms with Gasteiger partial charge in [0.15, 0.2) is 5.13 Å². The third-order valence-corrected chi connectivity index (χ3v) is 5.11. The lowest BCUT2D eigenvalue weighted by Crippen LogP contribution is -2.29. The highest BCUT2D eigenvalue weighted by Gasteiger charge is 2.25. The number of anilines is 1. The molecule has 0 aromatic carbocycles. The molecule has 1 N–H and O–H groups in total. The average molecular weight is 251 g/mol. The number of nitrogens with zero attached hydrogens (tertiary/aromatic N) is 2. The highest BCUT2D eigenvalue weighted by atomic mass is 32.1. The van der Waals surface area contributed by atoms with Crippen LogP contribution >= 0.6 is 11.3 Å². The van der Waals surface area contributed by atoms with E-state index in [9.17, 15) is 0 Å². The van der Waals surface area contributed by atoms with Gasteiger partial charge in [-0.05, 0) is 45.6 Å². The van der Waals surface area contributed by atoms with E-state index in [0.29, 0.717) is 6.04 Å². The zero-order chi connectivity index (χ0) is 11.7. The molecule has 4 heteroatoms. The van der Waals surface area contributed by atoms with Gasteiger partial charge in [0.1, 0.15) is 0 Å². The minimum absolute atomic E-state index is 0.494. The van der Waals surface area contributed by atoms with Crippen LogP contribution in [0.25, 0.3) is 0 Å². The number of nitrogens with one attached hydrogen (secondary N) is 1. The number of piperidine rings is 1. The Morgan fingerprint density at radius 1 is 1.24 bits per heavy atom. The molecule has 0 bridgehead atoms. The highest BCUT2D eigenvalue weighted by Crippen LogP contribution is 2.37. The number of hydrogen-bond donors (Lipinski definition) is 1. The minimum Gasteiger partial charge on any atom is -0.348 e. The van der Waals surface area contributed by atoms with Gasteiger partial charge in [-0.2, -0.15) is 0 Å². The number of rotatable bonds is 2. The van der Waals surface area contributed by atoms with Crippen molar-refractivity contribution in [3.05, 3.63) is 10.6 Å². The van der Waals surface area contributed by atoms with Crippen LogP contribution in [0.1, 0.15) is 48.7 Å². The topological polar surface area (TPSA) is 28.2 Å². The molecule has 0 saturated carbocycles. The molecule has 2 aliphatic rings. The minimum atomic E-state index is 0.494. The maximum absolute atomic E-state index is 4.91. The van der Waals surface area contributed by atoms with Crippen molar-refractivity contribution in [1.29, 1.82) is 0 Å². The van der Waals surface area contributed by atoms with Gasteiger partial charge in [-0.1, -0.05) is 0 Å². The fourth-order valence-corrected chi connectivity index (χ4v) is 4.12. The summed E-state index contributed by atoms with van der Waals surface area (Å²) in [7, 11) is 2.06. The summed E-state index contributed by atoms with van der Waals surface area (Å²) < 4.78 is 0. The SMILES string of the molecule is CNC1CCCc2sc(N3CCCCC3)nc21. The summed E-state index contributed by atoms with van der Waals surface area (Å²) in [5.41, 5.74) is 1.34. The molecule has 2 heterocycles. The highest BCUT2D eigenvalue weighted by molar-refractivity contribution is 7.15. The van der Waals surface area contributed by atoms with Crippen LogP contribution in [0.2, 0.25) is 0 Å². The predicted octanol–water partition coefficient (Wildman–Crippen LogP) is 2.73. The third-order valence-electron chi connectivity index (χ3n) is 3.92. The Balaban J connectivity index is 1.84. The summed E-state index contributed by atoms with van der Waals surface area (Å²) in [5, 5.41) is 4.68. The standard InChI is InChI=1S/C13H21N3S/c1-14-10-6-5-7-11-12(10)15-13(17-11)16-8-3-2-4-9-16/h10,14H,2-9H2,1H3. The largest absolute Gasteiger partial charge is 0.348 e. The van der Waals surface area contributed by atoms with Gasteiger partial charge >= 0.3 is 0 Å². The molecule has 1 fully saturated rings. The van der Waals surface area contributed by atoms with Gasteiger partial charge in [-0.25, -0.2) is 4.98 Å². The molecule has 1 aromatic heterocycles. The van der Waals surface area contributed by atoms with Crippen LogP contribution in [0.5, 0.6) is 0 Å². The lowest BCUT2D eigenvalue weighted by molar-refractivity contribution is 0.489. The zero-order valence-electron chi connectivity index (χ0n) is 10.5. The van der Waals surface area contributed by atoms with Gasteiger partial charge in [-0.15, -0.1) is 11.3 Å². The van der Waals surface area contributed by atoms with E-state index in [2.05, 4.69) is 17.3 Å². The summed E-state index contributed by atoms with van der Waals surface area (Å²) in [6.07, 6.45) is 7.84. The number of hydrogen-bond acceptors (Lipinski definition) is 4. The third kappa shape index (κ3) is 2.20. The summed E-state index contributed by atoms with van der Waals surface area (Å²) in [6, 6.07) is 0.494. The van der Waals surface area contributed by atoms with E-state index in [1.165, 1.54) is 67.3 Å². The molecule has 1 unspecified atom stereocenters. The average Bonchev–Trinajstić information content (AvgIpc) is 2.83. The quantitative estimate of drug-likeness (QED) is 0.876. The Labute approximate surface area is 107 Å². The van der Waals surface area contributed by atoms with Crippen molar-refractivity contribution in [2.45, 2.75) is 44.6 Å². The fourth-order valence-electron chi connectivity index (χ4n) is 2.91. The molecule has 3 nitrogen and oxygen atoms in total. The van der Waals surface area contributed by atoms with Crippen LogP contribution in [-0.2, 0) is 6.42 Å². The van der Waals surface area contributed by atoms with Crippen LogP contribution in [0.3, 0.4) is 0 Å². The second-order valence-corrected chi connectivity index (χ2v) is 6.15. The van der Waals surface area contributed by atoms with Crippen molar-refractivity contribution < 1.29 is 0 Å². The molecule has 1 atom stereocenters. The second kappa shape index (κ2) is 4.94. The maximum atomic E-state index is 4.91. The first-order chi connectivity index (χ1) is 8.38. The van der Waals surface area contributed by atoms with E-state index in [1.807, 2.05) is 11.3 Å². The maximum Gasteiger partial charge on any atom is 0.185 e. The zero-order valence-corrected chi connectivity index (χ0v) is 11.4. The van der Waals surface area contributed by atoms with Crippen LogP contribution in [-0.4, -0.2) is 25.1 Å². The van der Waals surface area contributed by atoms with Gasteiger partial charge < -0.3 is 10.2 Å². The Morgan fingerprint density at radius 2 is 2.06 bits per heavy atom. The molecule has 0 amide bonds. The summed E-state index contributed by atoms with van der Waals surface area (Å²) in [5.74, 6) is 0. The number of aryl methyl sites for hydroxylation is 1. The molecule has 1 aromatic rings. The van der Waals surface area contributed by atoms with Crippen LogP contribution in [0, 0.1) is 0 Å². The van der Waals surface area contributed by atoms with Crippen molar-refractivity contribution >= 4 is 16.5 Å². The first-order valence-corrected chi connectivity index (χ1v) is 7.62. The molecular weight excluding hydrogens is 230 g/mol. The van der Waals surface area contributed by atoms with E-state index in [-0.39, 0.29) is 0 Å². The molecule has 0 radical (unpaired) electrons. The normalized spacial score (nSPS) is 24.8. The molecule has 17 heavy (non-hydrogen) atoms. The van der Waals surface area contributed by atoms with Crippen molar-refractivity contribution in [1.82, 2.24) is 10.3 Å². The summed E-state index contributed by atoms with van der Waals surface area (Å²) in [4.78, 5) is 8.92. The van der Waals surface area contributed by atoms with E-state index >= 15 is 0 Å². The Bertz CT molecular complexity index is 382. The molecule has 3 rings (SSSR count). The lowest BCUT2D eigenvalue weighted by Gasteiger charge is -2.25. The molecule has 94 valence electrons. The fraction of sp³-hybridized carbons (Fsp3) is 0.769. The Hall–Kier alpha value is -0.610. The number of thiazole rings is 1. The van der Waals surface area contributed by atoms with Gasteiger partial charge in [-0.3, -0.25) is 0 Å². The molecule has 1 aliphatic heterocycles. The van der Waals surface area contributed by atoms with E-state index in [0.717, 1.165) is 0 Å². The van der Waals surface area contributed by atoms with Crippen LogP contribution < -0.4 is 10.2 Å². The smallest absolute Gasteiger partial charge is 0.185 e. The van der Waals surface area contributed by atoms with Crippen molar-refractivity contribution in [3.8, 4) is 0 Å². The molecule has 1 saturated heterocycles. The van der Waals surface area contributed by atoms with Gasteiger partial charge in [0.05, 0.1) is 11.7 Å². The first-order valence-electron chi connectivity index (χ1n) is 6.80. The first kappa shape index (κ1) is 11.5. The monoisotopic (exact) mass is 251 g/mol. The molecule has 1 aliphatic carbocycles. The molecule has 0 spiro atoms. The van der Waals surface area contributed by atoms with Crippen molar-refractivity contribution in [2.75, 3.05) is 25.0 Å². The molecular formula is C13H21N3S.